The first kappa shape index (κ1) is 45.4. The molecular weight excluding hydrogens is 881 g/mol. The fraction of sp³-hybridized carbons (Fsp3) is 0.0417. The number of oxazole rings is 1. The Morgan fingerprint density at radius 1 is 0.493 bits per heavy atom. The van der Waals surface area contributed by atoms with Crippen LogP contribution < -0.4 is 27.3 Å². The first-order chi connectivity index (χ1) is 33.8. The molecule has 0 saturated carbocycles. The fourth-order valence-corrected chi connectivity index (χ4v) is 6.41. The summed E-state index contributed by atoms with van der Waals surface area (Å²) in [6.07, 6.45) is 13.2. The number of aromatic amines is 5. The Balaban J connectivity index is 0.000000109. The van der Waals surface area contributed by atoms with Crippen molar-refractivity contribution in [2.75, 3.05) is 10.6 Å². The van der Waals surface area contributed by atoms with Gasteiger partial charge in [-0.3, -0.25) is 14.6 Å². The van der Waals surface area contributed by atoms with Crippen LogP contribution in [0, 0.1) is 0 Å². The van der Waals surface area contributed by atoms with Gasteiger partial charge in [0.1, 0.15) is 17.7 Å². The highest BCUT2D eigenvalue weighted by Crippen LogP contribution is 2.18. The molecule has 10 heterocycles. The van der Waals surface area contributed by atoms with E-state index in [1.165, 1.54) is 12.5 Å². The predicted molar refractivity (Wildman–Crippen MR) is 260 cm³/mol. The maximum Gasteiger partial charge on any atom is 0.417 e. The number of para-hydroxylation sites is 7. The third-order valence-electron chi connectivity index (χ3n) is 9.63. The quantitative estimate of drug-likeness (QED) is 0.0776. The number of H-pyrrole nitrogens is 5. The standard InChI is InChI=1S/C8H6N2O.C8H8N2O.C7H6N2O.C7H6N2.C7H5NO2.C6H5N3.C5H4N4/c11-8-5-9-6-3-1-2-4-7(6)10-8;11-8-9-5-6-3-1-2-4-7(6)10-8;10-6-4-5-2-1-3-8-7(5)9-6;1-2-4-7-6(3-1)8-5-9-7;9-7-8-5-3-1-2-4-6(5)10-7;1-2-5-6(7-3-1)9-4-8-5;1-4-5(8-2-6-1)9-3-7-4/h1-5H,(H,10,11);1-4H,5H2,(H2,9,10,11);1-3H,4H2,(H,8,9,10);1-5H,(H,8,9);1-4H,(H,8,9);1-4H,(H,7,8,9);1-3H,(H,6,7,8,9). The summed E-state index contributed by atoms with van der Waals surface area (Å²) in [4.78, 5) is 88.5. The lowest BCUT2D eigenvalue weighted by Gasteiger charge is -2.17. The van der Waals surface area contributed by atoms with E-state index in [4.69, 9.17) is 4.42 Å². The zero-order valence-corrected chi connectivity index (χ0v) is 36.2. The van der Waals surface area contributed by atoms with Crippen molar-refractivity contribution in [2.24, 2.45) is 0 Å². The molecule has 0 saturated heterocycles. The van der Waals surface area contributed by atoms with Gasteiger partial charge in [0.2, 0.25) is 5.91 Å². The Labute approximate surface area is 389 Å². The van der Waals surface area contributed by atoms with Crippen molar-refractivity contribution in [3.05, 3.63) is 203 Å². The van der Waals surface area contributed by atoms with E-state index >= 15 is 0 Å². The van der Waals surface area contributed by atoms with Crippen LogP contribution in [0.25, 0.3) is 55.5 Å². The van der Waals surface area contributed by atoms with Crippen molar-refractivity contribution in [3.8, 4) is 0 Å². The van der Waals surface area contributed by atoms with Gasteiger partial charge in [0.15, 0.2) is 16.9 Å². The van der Waals surface area contributed by atoms with E-state index in [9.17, 15) is 19.2 Å². The van der Waals surface area contributed by atoms with Gasteiger partial charge >= 0.3 is 11.8 Å². The molecule has 4 aromatic carbocycles. The topological polar surface area (TPSA) is 300 Å². The highest BCUT2D eigenvalue weighted by molar-refractivity contribution is 5.97. The number of amides is 3. The molecular formula is C48H40N16O5. The number of carbonyl (C=O) groups is 2. The Hall–Kier alpha value is -10.2. The lowest BCUT2D eigenvalue weighted by Crippen LogP contribution is -2.33. The van der Waals surface area contributed by atoms with Crippen molar-refractivity contribution in [1.29, 1.82) is 0 Å². The molecule has 2 aliphatic heterocycles. The number of anilines is 2. The number of pyridine rings is 2. The van der Waals surface area contributed by atoms with Gasteiger partial charge in [0.25, 0.3) is 5.56 Å². The average molecular weight is 921 g/mol. The largest absolute Gasteiger partial charge is 0.417 e. The maximum absolute atomic E-state index is 10.8. The van der Waals surface area contributed by atoms with Gasteiger partial charge < -0.3 is 40.3 Å². The summed E-state index contributed by atoms with van der Waals surface area (Å²) in [5.74, 6) is 0.349. The zero-order chi connectivity index (χ0) is 47.6. The van der Waals surface area contributed by atoms with Crippen LogP contribution in [0.5, 0.6) is 0 Å². The smallest absolute Gasteiger partial charge is 0.408 e. The van der Waals surface area contributed by atoms with Gasteiger partial charge in [0.05, 0.1) is 70.9 Å². The van der Waals surface area contributed by atoms with Crippen LogP contribution in [0.1, 0.15) is 11.1 Å². The van der Waals surface area contributed by atoms with Crippen molar-refractivity contribution >= 4 is 78.9 Å². The number of hydrogen-bond acceptors (Lipinski definition) is 13. The SMILES string of the molecule is O=C1Cc2cccnc2N1.O=C1NCc2ccccc2N1.O=c1[nH]c2ccccc2o1.O=c1cnc2ccccc2[nH]1.c1ccc2[nH]cnc2c1.c1cnc2nc[nH]c2c1.c1ncc2[nH]cnc2n1. The monoisotopic (exact) mass is 920 g/mol. The van der Waals surface area contributed by atoms with Gasteiger partial charge in [-0.15, -0.1) is 0 Å². The summed E-state index contributed by atoms with van der Waals surface area (Å²) < 4.78 is 4.76. The van der Waals surface area contributed by atoms with E-state index in [0.717, 1.165) is 61.1 Å². The van der Waals surface area contributed by atoms with Gasteiger partial charge in [-0.2, -0.15) is 0 Å². The maximum atomic E-state index is 10.8. The molecule has 0 bridgehead atoms. The Morgan fingerprint density at radius 2 is 1.13 bits per heavy atom. The van der Waals surface area contributed by atoms with Crippen molar-refractivity contribution in [2.45, 2.75) is 13.0 Å². The molecule has 0 unspecified atom stereocenters. The number of benzene rings is 4. The van der Waals surface area contributed by atoms with E-state index < -0.39 is 5.76 Å². The van der Waals surface area contributed by atoms with Crippen LogP contribution in [0.3, 0.4) is 0 Å². The molecule has 14 rings (SSSR count). The molecule has 0 spiro atoms. The summed E-state index contributed by atoms with van der Waals surface area (Å²) in [6.45, 7) is 0.627. The Bertz CT molecular complexity index is 3400. The van der Waals surface area contributed by atoms with E-state index in [-0.39, 0.29) is 17.5 Å². The molecule has 8 N–H and O–H groups in total. The Kier molecular flexibility index (Phi) is 14.9. The summed E-state index contributed by atoms with van der Waals surface area (Å²) >= 11 is 0. The molecule has 3 amide bonds. The molecule has 21 heteroatoms. The number of carbonyl (C=O) groups excluding carboxylic acids is 2. The molecule has 8 aromatic heterocycles. The molecule has 2 aliphatic rings. The van der Waals surface area contributed by atoms with Crippen LogP contribution in [0.2, 0.25) is 0 Å². The number of nitrogens with one attached hydrogen (secondary N) is 8. The number of fused-ring (bicyclic) bond motifs is 7. The first-order valence-corrected chi connectivity index (χ1v) is 20.9. The van der Waals surface area contributed by atoms with E-state index in [2.05, 4.69) is 80.7 Å². The minimum absolute atomic E-state index is 0.0358. The molecule has 0 aliphatic carbocycles. The molecule has 12 aromatic rings. The van der Waals surface area contributed by atoms with Gasteiger partial charge in [-0.1, -0.05) is 60.7 Å². The molecule has 0 radical (unpaired) electrons. The lowest BCUT2D eigenvalue weighted by atomic mass is 10.1. The fourth-order valence-electron chi connectivity index (χ4n) is 6.41. The number of urea groups is 1. The highest BCUT2D eigenvalue weighted by Gasteiger charge is 2.17. The lowest BCUT2D eigenvalue weighted by molar-refractivity contribution is -0.115. The molecule has 69 heavy (non-hydrogen) atoms. The van der Waals surface area contributed by atoms with Crippen molar-refractivity contribution < 1.29 is 14.0 Å². The van der Waals surface area contributed by atoms with E-state index in [1.54, 1.807) is 49.7 Å². The number of aromatic nitrogens is 13. The summed E-state index contributed by atoms with van der Waals surface area (Å²) in [5, 5.41) is 8.05. The van der Waals surface area contributed by atoms with Crippen LogP contribution >= 0.6 is 0 Å². The number of nitrogens with zero attached hydrogens (tertiary/aromatic N) is 8. The van der Waals surface area contributed by atoms with Gasteiger partial charge in [-0.25, -0.2) is 49.5 Å². The second-order valence-corrected chi connectivity index (χ2v) is 14.3. The van der Waals surface area contributed by atoms with Crippen molar-refractivity contribution in [1.82, 2.24) is 70.1 Å². The van der Waals surface area contributed by atoms with Crippen LogP contribution in [-0.2, 0) is 17.8 Å². The minimum Gasteiger partial charge on any atom is -0.408 e. The van der Waals surface area contributed by atoms with E-state index in [1.807, 2.05) is 109 Å². The third-order valence-corrected chi connectivity index (χ3v) is 9.63. The Morgan fingerprint density at radius 3 is 1.91 bits per heavy atom. The van der Waals surface area contributed by atoms with Crippen LogP contribution in [-0.4, -0.2) is 76.7 Å². The van der Waals surface area contributed by atoms with Crippen LogP contribution in [0.15, 0.2) is 185 Å². The average Bonchev–Trinajstić information content (AvgIpc) is 4.25. The minimum atomic E-state index is -0.402. The summed E-state index contributed by atoms with van der Waals surface area (Å²) in [7, 11) is 0. The molecule has 342 valence electrons. The van der Waals surface area contributed by atoms with E-state index in [0.29, 0.717) is 30.0 Å². The number of imidazole rings is 3. The molecule has 21 nitrogen and oxygen atoms in total. The third kappa shape index (κ3) is 12.8. The molecule has 0 atom stereocenters. The summed E-state index contributed by atoms with van der Waals surface area (Å²) in [6, 6.07) is 37.7. The second-order valence-electron chi connectivity index (χ2n) is 14.3. The summed E-state index contributed by atoms with van der Waals surface area (Å²) in [5.41, 5.74) is 11.3. The zero-order valence-electron chi connectivity index (χ0n) is 36.2. The second kappa shape index (κ2) is 22.6. The first-order valence-electron chi connectivity index (χ1n) is 20.9. The van der Waals surface area contributed by atoms with Gasteiger partial charge in [-0.05, 0) is 66.2 Å². The predicted octanol–water partition coefficient (Wildman–Crippen LogP) is 6.82. The number of rotatable bonds is 0. The molecule has 0 fully saturated rings. The highest BCUT2D eigenvalue weighted by atomic mass is 16.4. The number of hydrogen-bond donors (Lipinski definition) is 8. The van der Waals surface area contributed by atoms with Crippen LogP contribution in [0.4, 0.5) is 16.3 Å². The van der Waals surface area contributed by atoms with Crippen molar-refractivity contribution in [3.63, 3.8) is 0 Å². The normalized spacial score (nSPS) is 11.6. The van der Waals surface area contributed by atoms with Gasteiger partial charge in [0, 0.05) is 30.2 Å².